The molecule has 0 unspecified atom stereocenters. The van der Waals surface area contributed by atoms with E-state index in [0.717, 1.165) is 10.8 Å². The first-order chi connectivity index (χ1) is 9.25. The molecule has 2 N–H and O–H groups in total. The number of hydrogen-bond donors (Lipinski definition) is 1. The minimum atomic E-state index is -0.358. The lowest BCUT2D eigenvalue weighted by Gasteiger charge is -2.04. The molecule has 0 saturated carbocycles. The monoisotopic (exact) mass is 274 g/mol. The van der Waals surface area contributed by atoms with Gasteiger partial charge in [0.25, 0.3) is 0 Å². The van der Waals surface area contributed by atoms with Crippen molar-refractivity contribution in [2.75, 3.05) is 5.73 Å². The maximum Gasteiger partial charge on any atom is 0.195 e. The van der Waals surface area contributed by atoms with E-state index in [1.807, 2.05) is 28.8 Å². The van der Waals surface area contributed by atoms with Crippen LogP contribution in [0.25, 0.3) is 5.65 Å². The van der Waals surface area contributed by atoms with Gasteiger partial charge in [0, 0.05) is 17.5 Å². The summed E-state index contributed by atoms with van der Waals surface area (Å²) in [5.74, 6) is 0.107. The van der Waals surface area contributed by atoms with Crippen LogP contribution in [-0.2, 0) is 5.75 Å². The molecule has 2 aromatic heterocycles. The van der Waals surface area contributed by atoms with Crippen molar-refractivity contribution in [1.29, 1.82) is 0 Å². The molecular weight excluding hydrogens is 263 g/mol. The molecule has 0 bridgehead atoms. The lowest BCUT2D eigenvalue weighted by Crippen LogP contribution is -1.95. The maximum atomic E-state index is 13.8. The summed E-state index contributed by atoms with van der Waals surface area (Å²) >= 11 is 1.43. The highest BCUT2D eigenvalue weighted by Gasteiger charge is 2.09. The van der Waals surface area contributed by atoms with E-state index in [2.05, 4.69) is 10.2 Å². The number of thioether (sulfide) groups is 1. The number of nitrogen functional groups attached to an aromatic ring is 1. The van der Waals surface area contributed by atoms with E-state index < -0.39 is 0 Å². The van der Waals surface area contributed by atoms with Gasteiger partial charge in [-0.2, -0.15) is 0 Å². The smallest absolute Gasteiger partial charge is 0.195 e. The molecular formula is C13H11FN4S. The van der Waals surface area contributed by atoms with Gasteiger partial charge < -0.3 is 5.73 Å². The van der Waals surface area contributed by atoms with Crippen LogP contribution in [0.1, 0.15) is 5.56 Å². The molecule has 96 valence electrons. The minimum Gasteiger partial charge on any atom is -0.396 e. The SMILES string of the molecule is Nc1cccc(CSc2nnc3ccccn23)c1F. The van der Waals surface area contributed by atoms with Crippen molar-refractivity contribution in [2.45, 2.75) is 10.9 Å². The summed E-state index contributed by atoms with van der Waals surface area (Å²) in [5.41, 5.74) is 7.06. The van der Waals surface area contributed by atoms with Crippen molar-refractivity contribution in [2.24, 2.45) is 0 Å². The van der Waals surface area contributed by atoms with Gasteiger partial charge in [-0.25, -0.2) is 4.39 Å². The number of fused-ring (bicyclic) bond motifs is 1. The van der Waals surface area contributed by atoms with Gasteiger partial charge in [0.05, 0.1) is 5.69 Å². The largest absolute Gasteiger partial charge is 0.396 e. The van der Waals surface area contributed by atoms with Crippen LogP contribution in [0.4, 0.5) is 10.1 Å². The van der Waals surface area contributed by atoms with E-state index in [9.17, 15) is 4.39 Å². The van der Waals surface area contributed by atoms with Gasteiger partial charge in [0.15, 0.2) is 10.8 Å². The molecule has 6 heteroatoms. The highest BCUT2D eigenvalue weighted by molar-refractivity contribution is 7.98. The molecule has 0 spiro atoms. The van der Waals surface area contributed by atoms with E-state index in [1.165, 1.54) is 11.8 Å². The van der Waals surface area contributed by atoms with Gasteiger partial charge in [-0.05, 0) is 18.2 Å². The van der Waals surface area contributed by atoms with Gasteiger partial charge in [-0.1, -0.05) is 30.0 Å². The number of nitrogens with zero attached hydrogens (tertiary/aromatic N) is 3. The average Bonchev–Trinajstić information content (AvgIpc) is 2.84. The van der Waals surface area contributed by atoms with Crippen molar-refractivity contribution in [3.63, 3.8) is 0 Å². The van der Waals surface area contributed by atoms with Crippen LogP contribution >= 0.6 is 11.8 Å². The van der Waals surface area contributed by atoms with Crippen LogP contribution < -0.4 is 5.73 Å². The summed E-state index contributed by atoms with van der Waals surface area (Å²) in [6.07, 6.45) is 1.88. The van der Waals surface area contributed by atoms with Crippen LogP contribution in [0, 0.1) is 5.82 Å². The van der Waals surface area contributed by atoms with Crippen LogP contribution in [0.3, 0.4) is 0 Å². The predicted molar refractivity (Wildman–Crippen MR) is 73.4 cm³/mol. The molecule has 1 aromatic carbocycles. The molecule has 4 nitrogen and oxygen atoms in total. The topological polar surface area (TPSA) is 56.2 Å². The Kier molecular flexibility index (Phi) is 3.08. The van der Waals surface area contributed by atoms with Crippen molar-refractivity contribution in [1.82, 2.24) is 14.6 Å². The summed E-state index contributed by atoms with van der Waals surface area (Å²) < 4.78 is 15.6. The van der Waals surface area contributed by atoms with Crippen LogP contribution in [-0.4, -0.2) is 14.6 Å². The molecule has 0 aliphatic heterocycles. The lowest BCUT2D eigenvalue weighted by atomic mass is 10.2. The summed E-state index contributed by atoms with van der Waals surface area (Å²) in [4.78, 5) is 0. The van der Waals surface area contributed by atoms with Gasteiger partial charge in [-0.3, -0.25) is 4.40 Å². The third-order valence-corrected chi connectivity index (χ3v) is 3.74. The molecule has 0 aliphatic rings. The van der Waals surface area contributed by atoms with Gasteiger partial charge in [0.1, 0.15) is 5.82 Å². The Hall–Kier alpha value is -2.08. The first-order valence-corrected chi connectivity index (χ1v) is 6.69. The fourth-order valence-electron chi connectivity index (χ4n) is 1.77. The fraction of sp³-hybridized carbons (Fsp3) is 0.0769. The Labute approximate surface area is 113 Å². The highest BCUT2D eigenvalue weighted by atomic mass is 32.2. The standard InChI is InChI=1S/C13H11FN4S/c14-12-9(4-3-5-10(12)15)8-19-13-17-16-11-6-1-2-7-18(11)13/h1-7H,8,15H2. The van der Waals surface area contributed by atoms with Crippen molar-refractivity contribution in [3.05, 3.63) is 54.0 Å². The van der Waals surface area contributed by atoms with Crippen molar-refractivity contribution >= 4 is 23.1 Å². The number of halogens is 1. The van der Waals surface area contributed by atoms with Crippen LogP contribution in [0.2, 0.25) is 0 Å². The first-order valence-electron chi connectivity index (χ1n) is 5.71. The first kappa shape index (κ1) is 12.0. The Morgan fingerprint density at radius 2 is 2.05 bits per heavy atom. The zero-order valence-electron chi connectivity index (χ0n) is 9.95. The molecule has 2 heterocycles. The highest BCUT2D eigenvalue weighted by Crippen LogP contribution is 2.24. The summed E-state index contributed by atoms with van der Waals surface area (Å²) in [6, 6.07) is 10.7. The molecule has 0 saturated heterocycles. The van der Waals surface area contributed by atoms with E-state index >= 15 is 0 Å². The van der Waals surface area contributed by atoms with E-state index in [-0.39, 0.29) is 11.5 Å². The summed E-state index contributed by atoms with van der Waals surface area (Å²) in [7, 11) is 0. The van der Waals surface area contributed by atoms with Gasteiger partial charge >= 0.3 is 0 Å². The number of aromatic nitrogens is 3. The normalized spacial score (nSPS) is 11.0. The average molecular weight is 274 g/mol. The Morgan fingerprint density at radius 1 is 1.16 bits per heavy atom. The fourth-order valence-corrected chi connectivity index (χ4v) is 2.67. The molecule has 0 radical (unpaired) electrons. The van der Waals surface area contributed by atoms with E-state index in [4.69, 9.17) is 5.73 Å². The zero-order chi connectivity index (χ0) is 13.2. The van der Waals surface area contributed by atoms with Crippen molar-refractivity contribution in [3.8, 4) is 0 Å². The van der Waals surface area contributed by atoms with Crippen LogP contribution in [0.15, 0.2) is 47.8 Å². The molecule has 3 aromatic rings. The van der Waals surface area contributed by atoms with E-state index in [0.29, 0.717) is 11.3 Å². The number of rotatable bonds is 3. The Morgan fingerprint density at radius 3 is 2.95 bits per heavy atom. The molecule has 0 atom stereocenters. The predicted octanol–water partition coefficient (Wildman–Crippen LogP) is 2.74. The number of anilines is 1. The number of benzene rings is 1. The Bertz CT molecular complexity index is 725. The Balaban J connectivity index is 1.84. The lowest BCUT2D eigenvalue weighted by molar-refractivity contribution is 0.622. The second kappa shape index (κ2) is 4.89. The number of hydrogen-bond acceptors (Lipinski definition) is 4. The maximum absolute atomic E-state index is 13.8. The molecule has 0 aliphatic carbocycles. The summed E-state index contributed by atoms with van der Waals surface area (Å²) in [6.45, 7) is 0. The molecule has 0 fully saturated rings. The third kappa shape index (κ3) is 2.26. The molecule has 0 amide bonds. The molecule has 3 rings (SSSR count). The second-order valence-corrected chi connectivity index (χ2v) is 4.96. The zero-order valence-corrected chi connectivity index (χ0v) is 10.8. The minimum absolute atomic E-state index is 0.171. The van der Waals surface area contributed by atoms with Crippen molar-refractivity contribution < 1.29 is 4.39 Å². The van der Waals surface area contributed by atoms with Gasteiger partial charge in [-0.15, -0.1) is 10.2 Å². The quantitative estimate of drug-likeness (QED) is 0.589. The van der Waals surface area contributed by atoms with Crippen LogP contribution in [0.5, 0.6) is 0 Å². The number of pyridine rings is 1. The number of nitrogens with two attached hydrogens (primary N) is 1. The molecule has 19 heavy (non-hydrogen) atoms. The summed E-state index contributed by atoms with van der Waals surface area (Å²) in [5, 5.41) is 8.86. The van der Waals surface area contributed by atoms with E-state index in [1.54, 1.807) is 18.2 Å². The second-order valence-electron chi connectivity index (χ2n) is 4.02. The third-order valence-electron chi connectivity index (χ3n) is 2.75. The van der Waals surface area contributed by atoms with Gasteiger partial charge in [0.2, 0.25) is 0 Å².